The van der Waals surface area contributed by atoms with Crippen LogP contribution in [0.15, 0.2) is 23.1 Å². The molecule has 0 saturated carbocycles. The molecule has 1 saturated heterocycles. The molecule has 1 aliphatic rings. The van der Waals surface area contributed by atoms with Crippen molar-refractivity contribution >= 4 is 39.2 Å². The lowest BCUT2D eigenvalue weighted by Gasteiger charge is -2.26. The van der Waals surface area contributed by atoms with Crippen LogP contribution in [0.4, 0.5) is 5.95 Å². The number of nitrogens with zero attached hydrogens (tertiary/aromatic N) is 4. The van der Waals surface area contributed by atoms with Gasteiger partial charge in [0.25, 0.3) is 0 Å². The summed E-state index contributed by atoms with van der Waals surface area (Å²) in [6, 6.07) is 4.30. The first-order valence-electron chi connectivity index (χ1n) is 7.95. The fraction of sp³-hybridized carbons (Fsp3) is 0.400. The van der Waals surface area contributed by atoms with Gasteiger partial charge in [-0.15, -0.1) is 0 Å². The standard InChI is InChI=1S/C15H17Cl2N5O4S/c1-25-15-20-13(19-14(21-15)22-4-6-26-7-5-22)9-18-27(23,24)12-8-10(16)2-3-11(12)17/h2-3,8,18H,4-7,9H2,1H3. The smallest absolute Gasteiger partial charge is 0.321 e. The lowest BCUT2D eigenvalue weighted by Crippen LogP contribution is -2.37. The monoisotopic (exact) mass is 433 g/mol. The van der Waals surface area contributed by atoms with Gasteiger partial charge in [-0.05, 0) is 18.2 Å². The summed E-state index contributed by atoms with van der Waals surface area (Å²) in [5.74, 6) is 0.616. The van der Waals surface area contributed by atoms with E-state index in [0.29, 0.717) is 32.3 Å². The first-order chi connectivity index (χ1) is 12.9. The number of anilines is 1. The quantitative estimate of drug-likeness (QED) is 0.729. The van der Waals surface area contributed by atoms with E-state index in [1.165, 1.54) is 25.3 Å². The van der Waals surface area contributed by atoms with Gasteiger partial charge in [0.15, 0.2) is 5.82 Å². The van der Waals surface area contributed by atoms with Crippen molar-refractivity contribution in [1.82, 2.24) is 19.7 Å². The van der Waals surface area contributed by atoms with Gasteiger partial charge in [0.2, 0.25) is 16.0 Å². The van der Waals surface area contributed by atoms with E-state index >= 15 is 0 Å². The van der Waals surface area contributed by atoms with Gasteiger partial charge in [-0.1, -0.05) is 23.2 Å². The highest BCUT2D eigenvalue weighted by Crippen LogP contribution is 2.25. The molecule has 12 heteroatoms. The maximum atomic E-state index is 12.5. The van der Waals surface area contributed by atoms with Crippen LogP contribution in [-0.4, -0.2) is 56.8 Å². The van der Waals surface area contributed by atoms with Crippen molar-refractivity contribution in [2.45, 2.75) is 11.4 Å². The van der Waals surface area contributed by atoms with Crippen molar-refractivity contribution in [3.05, 3.63) is 34.1 Å². The Kier molecular flexibility index (Phi) is 6.33. The zero-order chi connectivity index (χ0) is 19.4. The molecule has 0 bridgehead atoms. The van der Waals surface area contributed by atoms with E-state index < -0.39 is 10.0 Å². The van der Waals surface area contributed by atoms with E-state index in [-0.39, 0.29) is 33.3 Å². The van der Waals surface area contributed by atoms with E-state index in [2.05, 4.69) is 19.7 Å². The van der Waals surface area contributed by atoms with E-state index in [1.807, 2.05) is 4.90 Å². The highest BCUT2D eigenvalue weighted by Gasteiger charge is 2.21. The molecule has 0 amide bonds. The van der Waals surface area contributed by atoms with Crippen molar-refractivity contribution < 1.29 is 17.9 Å². The van der Waals surface area contributed by atoms with E-state index in [9.17, 15) is 8.42 Å². The molecule has 1 aromatic heterocycles. The maximum Gasteiger partial charge on any atom is 0.321 e. The Morgan fingerprint density at radius 1 is 1.22 bits per heavy atom. The molecule has 3 rings (SSSR count). The Bertz CT molecular complexity index is 922. The number of sulfonamides is 1. The third kappa shape index (κ3) is 4.96. The number of morpholine rings is 1. The molecule has 0 aliphatic carbocycles. The number of aromatic nitrogens is 3. The molecular formula is C15H17Cl2N5O4S. The summed E-state index contributed by atoms with van der Waals surface area (Å²) >= 11 is 11.8. The van der Waals surface area contributed by atoms with Crippen LogP contribution >= 0.6 is 23.2 Å². The second-order valence-electron chi connectivity index (χ2n) is 5.54. The summed E-state index contributed by atoms with van der Waals surface area (Å²) in [7, 11) is -2.48. The maximum absolute atomic E-state index is 12.5. The molecule has 2 aromatic rings. The third-order valence-corrected chi connectivity index (χ3v) is 5.85. The predicted octanol–water partition coefficient (Wildman–Crippen LogP) is 1.50. The zero-order valence-corrected chi connectivity index (χ0v) is 16.7. The van der Waals surface area contributed by atoms with E-state index in [0.717, 1.165) is 0 Å². The number of rotatable bonds is 6. The highest BCUT2D eigenvalue weighted by molar-refractivity contribution is 7.89. The summed E-state index contributed by atoms with van der Waals surface area (Å²) in [5.41, 5.74) is 0. The molecule has 1 fully saturated rings. The van der Waals surface area contributed by atoms with Crippen LogP contribution in [0, 0.1) is 0 Å². The summed E-state index contributed by atoms with van der Waals surface area (Å²) in [4.78, 5) is 14.4. The summed E-state index contributed by atoms with van der Waals surface area (Å²) in [6.45, 7) is 2.20. The van der Waals surface area contributed by atoms with Crippen molar-refractivity contribution in [3.63, 3.8) is 0 Å². The van der Waals surface area contributed by atoms with Crippen molar-refractivity contribution in [2.24, 2.45) is 0 Å². The molecule has 1 aromatic carbocycles. The highest BCUT2D eigenvalue weighted by atomic mass is 35.5. The Labute approximate surface area is 166 Å². The molecule has 146 valence electrons. The molecule has 0 atom stereocenters. The Morgan fingerprint density at radius 2 is 1.96 bits per heavy atom. The number of halogens is 2. The van der Waals surface area contributed by atoms with Crippen LogP contribution < -0.4 is 14.4 Å². The molecule has 0 spiro atoms. The average Bonchev–Trinajstić information content (AvgIpc) is 2.68. The SMILES string of the molecule is COc1nc(CNS(=O)(=O)c2cc(Cl)ccc2Cl)nc(N2CCOCC2)n1. The van der Waals surface area contributed by atoms with Gasteiger partial charge in [-0.2, -0.15) is 15.0 Å². The van der Waals surface area contributed by atoms with Crippen molar-refractivity contribution in [2.75, 3.05) is 38.3 Å². The van der Waals surface area contributed by atoms with Gasteiger partial charge in [-0.25, -0.2) is 13.1 Å². The molecule has 27 heavy (non-hydrogen) atoms. The van der Waals surface area contributed by atoms with Crippen LogP contribution in [0.1, 0.15) is 5.82 Å². The summed E-state index contributed by atoms with van der Waals surface area (Å²) in [5, 5.41) is 0.324. The number of methoxy groups -OCH3 is 1. The minimum absolute atomic E-state index is 0.0640. The topological polar surface area (TPSA) is 107 Å². The van der Waals surface area contributed by atoms with Crippen molar-refractivity contribution in [1.29, 1.82) is 0 Å². The first-order valence-corrected chi connectivity index (χ1v) is 10.2. The largest absolute Gasteiger partial charge is 0.467 e. The molecule has 0 unspecified atom stereocenters. The van der Waals surface area contributed by atoms with Crippen molar-refractivity contribution in [3.8, 4) is 6.01 Å². The van der Waals surface area contributed by atoms with Crippen LogP contribution in [0.25, 0.3) is 0 Å². The predicted molar refractivity (Wildman–Crippen MR) is 99.9 cm³/mol. The molecule has 0 radical (unpaired) electrons. The Balaban J connectivity index is 1.81. The fourth-order valence-corrected chi connectivity index (χ4v) is 4.12. The molecule has 1 aliphatic heterocycles. The van der Waals surface area contributed by atoms with Crippen LogP contribution in [0.2, 0.25) is 10.0 Å². The third-order valence-electron chi connectivity index (χ3n) is 3.73. The van der Waals surface area contributed by atoms with E-state index in [1.54, 1.807) is 0 Å². The van der Waals surface area contributed by atoms with Gasteiger partial charge in [-0.3, -0.25) is 0 Å². The van der Waals surface area contributed by atoms with Gasteiger partial charge in [0, 0.05) is 18.1 Å². The molecule has 9 nitrogen and oxygen atoms in total. The number of hydrogen-bond donors (Lipinski definition) is 1. The number of benzene rings is 1. The average molecular weight is 434 g/mol. The normalized spacial score (nSPS) is 15.0. The minimum Gasteiger partial charge on any atom is -0.467 e. The molecule has 1 N–H and O–H groups in total. The second-order valence-corrected chi connectivity index (χ2v) is 8.12. The van der Waals surface area contributed by atoms with Gasteiger partial charge in [0.05, 0.1) is 31.9 Å². The number of nitrogens with one attached hydrogen (secondary N) is 1. The fourth-order valence-electron chi connectivity index (χ4n) is 2.38. The first kappa shape index (κ1) is 20.0. The molecule has 2 heterocycles. The Hall–Kier alpha value is -1.72. The minimum atomic E-state index is -3.91. The molecular weight excluding hydrogens is 417 g/mol. The van der Waals surface area contributed by atoms with E-state index in [4.69, 9.17) is 32.7 Å². The lowest BCUT2D eigenvalue weighted by molar-refractivity contribution is 0.122. The number of ether oxygens (including phenoxy) is 2. The van der Waals surface area contributed by atoms with Crippen LogP contribution in [0.5, 0.6) is 6.01 Å². The lowest BCUT2D eigenvalue weighted by atomic mass is 10.4. The summed E-state index contributed by atoms with van der Waals surface area (Å²) < 4.78 is 37.9. The van der Waals surface area contributed by atoms with Gasteiger partial charge >= 0.3 is 6.01 Å². The summed E-state index contributed by atoms with van der Waals surface area (Å²) in [6.07, 6.45) is 0. The van der Waals surface area contributed by atoms with Crippen LogP contribution in [0.3, 0.4) is 0 Å². The zero-order valence-electron chi connectivity index (χ0n) is 14.4. The second kappa shape index (κ2) is 8.53. The Morgan fingerprint density at radius 3 is 2.67 bits per heavy atom. The van der Waals surface area contributed by atoms with Gasteiger partial charge < -0.3 is 14.4 Å². The number of hydrogen-bond acceptors (Lipinski definition) is 8. The van der Waals surface area contributed by atoms with Crippen LogP contribution in [-0.2, 0) is 21.3 Å². The van der Waals surface area contributed by atoms with Gasteiger partial charge in [0.1, 0.15) is 4.90 Å².